The Morgan fingerprint density at radius 2 is 2.11 bits per heavy atom. The summed E-state index contributed by atoms with van der Waals surface area (Å²) in [6.45, 7) is 0.763. The van der Waals surface area contributed by atoms with E-state index in [-0.39, 0.29) is 25.1 Å². The Morgan fingerprint density at radius 3 is 2.58 bits per heavy atom. The van der Waals surface area contributed by atoms with Crippen LogP contribution in [0.2, 0.25) is 0 Å². The molecule has 0 bridgehead atoms. The quantitative estimate of drug-likeness (QED) is 0.601. The van der Waals surface area contributed by atoms with Crippen molar-refractivity contribution in [1.82, 2.24) is 10.2 Å². The summed E-state index contributed by atoms with van der Waals surface area (Å²) in [6.07, 6.45) is 0.569. The lowest BCUT2D eigenvalue weighted by molar-refractivity contribution is -0.139. The van der Waals surface area contributed by atoms with Gasteiger partial charge in [0.1, 0.15) is 0 Å². The zero-order chi connectivity index (χ0) is 14.4. The molecule has 0 saturated heterocycles. The summed E-state index contributed by atoms with van der Waals surface area (Å²) in [5.74, 6) is -0.610. The van der Waals surface area contributed by atoms with Crippen molar-refractivity contribution in [3.05, 3.63) is 0 Å². The first-order valence-electron chi connectivity index (χ1n) is 6.34. The summed E-state index contributed by atoms with van der Waals surface area (Å²) < 4.78 is 4.97. The van der Waals surface area contributed by atoms with Gasteiger partial charge in [-0.2, -0.15) is 0 Å². The second-order valence-electron chi connectivity index (χ2n) is 5.01. The van der Waals surface area contributed by atoms with Crippen molar-refractivity contribution >= 4 is 12.0 Å². The van der Waals surface area contributed by atoms with Gasteiger partial charge in [0, 0.05) is 27.2 Å². The van der Waals surface area contributed by atoms with Crippen LogP contribution in [-0.4, -0.2) is 66.6 Å². The molecular formula is C12H22N2O5. The van der Waals surface area contributed by atoms with Crippen LogP contribution in [0.25, 0.3) is 0 Å². The minimum absolute atomic E-state index is 0.144. The fourth-order valence-corrected chi connectivity index (χ4v) is 2.09. The molecule has 0 radical (unpaired) electrons. The number of carbonyl (C=O) groups is 2. The minimum atomic E-state index is -0.960. The number of aliphatic hydroxyl groups is 1. The van der Waals surface area contributed by atoms with E-state index in [1.165, 1.54) is 7.11 Å². The van der Waals surface area contributed by atoms with E-state index in [0.29, 0.717) is 12.5 Å². The third kappa shape index (κ3) is 5.44. The molecule has 0 aromatic heterocycles. The molecule has 0 aromatic carbocycles. The number of aliphatic carboxylic acids is 1. The van der Waals surface area contributed by atoms with Crippen molar-refractivity contribution in [1.29, 1.82) is 0 Å². The van der Waals surface area contributed by atoms with Crippen LogP contribution in [0.3, 0.4) is 0 Å². The Kier molecular flexibility index (Phi) is 6.04. The summed E-state index contributed by atoms with van der Waals surface area (Å²) >= 11 is 0. The van der Waals surface area contributed by atoms with E-state index in [1.807, 2.05) is 0 Å². The molecule has 2 amide bonds. The molecule has 19 heavy (non-hydrogen) atoms. The number of nitrogens with zero attached hydrogens (tertiary/aromatic N) is 1. The van der Waals surface area contributed by atoms with E-state index in [0.717, 1.165) is 12.8 Å². The molecule has 0 aromatic rings. The summed E-state index contributed by atoms with van der Waals surface area (Å²) in [5, 5.41) is 20.5. The average Bonchev–Trinajstić information content (AvgIpc) is 2.31. The maximum atomic E-state index is 11.8. The molecule has 7 nitrogen and oxygen atoms in total. The first-order chi connectivity index (χ1) is 8.92. The Bertz CT molecular complexity index is 317. The zero-order valence-electron chi connectivity index (χ0n) is 11.3. The largest absolute Gasteiger partial charge is 0.481 e. The number of carbonyl (C=O) groups excluding carboxylic acids is 1. The average molecular weight is 274 g/mol. The number of amides is 2. The number of urea groups is 1. The van der Waals surface area contributed by atoms with E-state index in [4.69, 9.17) is 9.84 Å². The zero-order valence-corrected chi connectivity index (χ0v) is 11.3. The van der Waals surface area contributed by atoms with Crippen LogP contribution in [0.5, 0.6) is 0 Å². The molecule has 1 aliphatic carbocycles. The van der Waals surface area contributed by atoms with E-state index in [2.05, 4.69) is 5.32 Å². The molecule has 0 heterocycles. The molecule has 1 aliphatic rings. The molecule has 1 atom stereocenters. The highest BCUT2D eigenvalue weighted by Crippen LogP contribution is 2.27. The molecule has 1 fully saturated rings. The summed E-state index contributed by atoms with van der Waals surface area (Å²) in [5.41, 5.74) is 0. The Balaban J connectivity index is 2.23. The monoisotopic (exact) mass is 274 g/mol. The van der Waals surface area contributed by atoms with Crippen LogP contribution in [0.15, 0.2) is 0 Å². The number of aliphatic hydroxyl groups excluding tert-OH is 1. The van der Waals surface area contributed by atoms with Gasteiger partial charge >= 0.3 is 12.0 Å². The Morgan fingerprint density at radius 1 is 1.47 bits per heavy atom. The molecular weight excluding hydrogens is 252 g/mol. The van der Waals surface area contributed by atoms with Crippen LogP contribution in [0.4, 0.5) is 4.79 Å². The lowest BCUT2D eigenvalue weighted by Gasteiger charge is -2.34. The smallest absolute Gasteiger partial charge is 0.317 e. The molecule has 3 N–H and O–H groups in total. The van der Waals surface area contributed by atoms with Gasteiger partial charge in [-0.25, -0.2) is 4.79 Å². The van der Waals surface area contributed by atoms with Crippen molar-refractivity contribution < 1.29 is 24.5 Å². The molecule has 1 rings (SSSR count). The Labute approximate surface area is 112 Å². The summed E-state index contributed by atoms with van der Waals surface area (Å²) in [4.78, 5) is 23.8. The van der Waals surface area contributed by atoms with Crippen molar-refractivity contribution in [2.45, 2.75) is 31.5 Å². The Hall–Kier alpha value is -1.34. The summed E-state index contributed by atoms with van der Waals surface area (Å²) in [7, 11) is 3.10. The fraction of sp³-hybridized carbons (Fsp3) is 0.833. The highest BCUT2D eigenvalue weighted by molar-refractivity contribution is 5.74. The van der Waals surface area contributed by atoms with Crippen LogP contribution in [-0.2, 0) is 9.53 Å². The molecule has 0 spiro atoms. The number of carboxylic acids is 1. The maximum Gasteiger partial charge on any atom is 0.317 e. The van der Waals surface area contributed by atoms with Gasteiger partial charge in [0.25, 0.3) is 0 Å². The van der Waals surface area contributed by atoms with Gasteiger partial charge in [0.05, 0.1) is 18.6 Å². The maximum absolute atomic E-state index is 11.8. The number of methoxy groups -OCH3 is 1. The van der Waals surface area contributed by atoms with Gasteiger partial charge < -0.3 is 25.2 Å². The number of rotatable bonds is 7. The SMILES string of the molecule is COC(CNC(=O)N(C)CC1CC(O)C1)CC(=O)O. The van der Waals surface area contributed by atoms with Crippen LogP contribution >= 0.6 is 0 Å². The molecule has 1 unspecified atom stereocenters. The van der Waals surface area contributed by atoms with Crippen molar-refractivity contribution in [2.75, 3.05) is 27.2 Å². The topological polar surface area (TPSA) is 99.1 Å². The van der Waals surface area contributed by atoms with Gasteiger partial charge in [-0.15, -0.1) is 0 Å². The standard InChI is InChI=1S/C12H22N2O5/c1-14(7-8-3-9(15)4-8)12(18)13-6-10(19-2)5-11(16)17/h8-10,15H,3-7H2,1-2H3,(H,13,18)(H,16,17). The van der Waals surface area contributed by atoms with Crippen molar-refractivity contribution in [3.8, 4) is 0 Å². The predicted octanol–water partition coefficient (Wildman–Crippen LogP) is -0.112. The number of carboxylic acid groups (broad SMARTS) is 1. The summed E-state index contributed by atoms with van der Waals surface area (Å²) in [6, 6.07) is -0.256. The molecule has 110 valence electrons. The van der Waals surface area contributed by atoms with Crippen LogP contribution in [0, 0.1) is 5.92 Å². The number of ether oxygens (including phenoxy) is 1. The normalized spacial score (nSPS) is 23.3. The van der Waals surface area contributed by atoms with Gasteiger partial charge in [-0.3, -0.25) is 4.79 Å². The van der Waals surface area contributed by atoms with E-state index < -0.39 is 12.1 Å². The van der Waals surface area contributed by atoms with Crippen LogP contribution < -0.4 is 5.32 Å². The lowest BCUT2D eigenvalue weighted by Crippen LogP contribution is -2.45. The van der Waals surface area contributed by atoms with Gasteiger partial charge in [0.15, 0.2) is 0 Å². The highest BCUT2D eigenvalue weighted by atomic mass is 16.5. The van der Waals surface area contributed by atoms with Crippen molar-refractivity contribution in [3.63, 3.8) is 0 Å². The second kappa shape index (κ2) is 7.30. The van der Waals surface area contributed by atoms with E-state index in [9.17, 15) is 14.7 Å². The molecule has 7 heteroatoms. The highest BCUT2D eigenvalue weighted by Gasteiger charge is 2.29. The molecule has 1 saturated carbocycles. The number of hydrogen-bond acceptors (Lipinski definition) is 4. The van der Waals surface area contributed by atoms with Gasteiger partial charge in [-0.05, 0) is 18.8 Å². The van der Waals surface area contributed by atoms with Crippen molar-refractivity contribution in [2.24, 2.45) is 5.92 Å². The number of nitrogens with one attached hydrogen (secondary N) is 1. The molecule has 0 aliphatic heterocycles. The predicted molar refractivity (Wildman–Crippen MR) is 67.8 cm³/mol. The fourth-order valence-electron chi connectivity index (χ4n) is 2.09. The first-order valence-corrected chi connectivity index (χ1v) is 6.34. The van der Waals surface area contributed by atoms with E-state index in [1.54, 1.807) is 11.9 Å². The second-order valence-corrected chi connectivity index (χ2v) is 5.01. The van der Waals surface area contributed by atoms with Gasteiger partial charge in [0.2, 0.25) is 0 Å². The first kappa shape index (κ1) is 15.7. The minimum Gasteiger partial charge on any atom is -0.481 e. The lowest BCUT2D eigenvalue weighted by atomic mass is 9.82. The van der Waals surface area contributed by atoms with E-state index >= 15 is 0 Å². The number of hydrogen-bond donors (Lipinski definition) is 3. The van der Waals surface area contributed by atoms with Crippen LogP contribution in [0.1, 0.15) is 19.3 Å². The van der Waals surface area contributed by atoms with Gasteiger partial charge in [-0.1, -0.05) is 0 Å². The third-order valence-corrected chi connectivity index (χ3v) is 3.31. The third-order valence-electron chi connectivity index (χ3n) is 3.31.